The fraction of sp³-hybridized carbons (Fsp3) is 0.680. The molecule has 1 aromatic carbocycles. The molecule has 0 aromatic heterocycles. The van der Waals surface area contributed by atoms with Gasteiger partial charge in [0.05, 0.1) is 10.6 Å². The van der Waals surface area contributed by atoms with Crippen molar-refractivity contribution in [1.82, 2.24) is 0 Å². The van der Waals surface area contributed by atoms with Crippen molar-refractivity contribution in [3.8, 4) is 0 Å². The highest BCUT2D eigenvalue weighted by Crippen LogP contribution is 2.34. The van der Waals surface area contributed by atoms with Crippen LogP contribution in [0.5, 0.6) is 0 Å². The normalized spacial score (nSPS) is 12.9. The minimum atomic E-state index is -3.27. The summed E-state index contributed by atoms with van der Waals surface area (Å²) in [6.45, 7) is 16.4. The first-order valence-electron chi connectivity index (χ1n) is 10.9. The molecule has 1 aromatic rings. The van der Waals surface area contributed by atoms with Gasteiger partial charge in [-0.15, -0.1) is 6.58 Å². The molecule has 160 valence electrons. The molecule has 0 bridgehead atoms. The molecule has 0 fully saturated rings. The fourth-order valence-corrected chi connectivity index (χ4v) is 5.26. The molecular weight excluding hydrogens is 364 g/mol. The lowest BCUT2D eigenvalue weighted by atomic mass is 9.82. The number of hydrogen-bond acceptors (Lipinski definition) is 2. The van der Waals surface area contributed by atoms with Gasteiger partial charge in [-0.3, -0.25) is 0 Å². The van der Waals surface area contributed by atoms with E-state index < -0.39 is 9.84 Å². The lowest BCUT2D eigenvalue weighted by molar-refractivity contribution is 0.549. The van der Waals surface area contributed by atoms with E-state index in [2.05, 4.69) is 54.2 Å². The average Bonchev–Trinajstić information content (AvgIpc) is 2.58. The van der Waals surface area contributed by atoms with E-state index in [0.717, 1.165) is 36.8 Å². The fourth-order valence-electron chi connectivity index (χ4n) is 3.44. The van der Waals surface area contributed by atoms with Crippen molar-refractivity contribution >= 4 is 9.84 Å². The second-order valence-corrected chi connectivity index (χ2v) is 12.2. The Labute approximate surface area is 174 Å². The molecule has 28 heavy (non-hydrogen) atoms. The van der Waals surface area contributed by atoms with Crippen LogP contribution in [0.3, 0.4) is 0 Å². The van der Waals surface area contributed by atoms with E-state index in [4.69, 9.17) is 0 Å². The molecule has 0 radical (unpaired) electrons. The summed E-state index contributed by atoms with van der Waals surface area (Å²) in [4.78, 5) is 0.539. The molecule has 1 rings (SSSR count). The van der Waals surface area contributed by atoms with Crippen molar-refractivity contribution < 1.29 is 8.42 Å². The molecule has 2 nitrogen and oxygen atoms in total. The van der Waals surface area contributed by atoms with Gasteiger partial charge >= 0.3 is 0 Å². The van der Waals surface area contributed by atoms with Crippen LogP contribution >= 0.6 is 0 Å². The molecule has 0 atom stereocenters. The highest BCUT2D eigenvalue weighted by Gasteiger charge is 2.27. The number of allylic oxidation sites excluding steroid dienone is 1. The average molecular weight is 407 g/mol. The van der Waals surface area contributed by atoms with Crippen LogP contribution in [0.2, 0.25) is 0 Å². The van der Waals surface area contributed by atoms with Gasteiger partial charge in [-0.25, -0.2) is 8.42 Å². The molecule has 0 saturated heterocycles. The van der Waals surface area contributed by atoms with E-state index in [-0.39, 0.29) is 16.6 Å². The van der Waals surface area contributed by atoms with Gasteiger partial charge in [0, 0.05) is 0 Å². The third kappa shape index (κ3) is 8.11. The first-order chi connectivity index (χ1) is 12.9. The van der Waals surface area contributed by atoms with Gasteiger partial charge in [-0.05, 0) is 47.3 Å². The Morgan fingerprint density at radius 2 is 1.36 bits per heavy atom. The third-order valence-electron chi connectivity index (χ3n) is 5.31. The Balaban J connectivity index is 2.77. The third-order valence-corrected chi connectivity index (χ3v) is 7.15. The zero-order chi connectivity index (χ0) is 21.4. The molecule has 3 heteroatoms. The Bertz CT molecular complexity index is 716. The summed E-state index contributed by atoms with van der Waals surface area (Å²) in [5, 5.41) is 0. The molecule has 0 N–H and O–H groups in total. The van der Waals surface area contributed by atoms with Crippen molar-refractivity contribution in [3.05, 3.63) is 42.0 Å². The predicted octanol–water partition coefficient (Wildman–Crippen LogP) is 7.36. The minimum Gasteiger partial charge on any atom is -0.224 e. The van der Waals surface area contributed by atoms with Crippen LogP contribution in [-0.2, 0) is 20.7 Å². The Morgan fingerprint density at radius 1 is 0.821 bits per heavy atom. The minimum absolute atomic E-state index is 0.0632. The Morgan fingerprint density at radius 3 is 1.86 bits per heavy atom. The topological polar surface area (TPSA) is 34.1 Å². The van der Waals surface area contributed by atoms with E-state index in [1.165, 1.54) is 25.7 Å². The Kier molecular flexibility index (Phi) is 9.46. The summed E-state index contributed by atoms with van der Waals surface area (Å²) < 4.78 is 26.4. The highest BCUT2D eigenvalue weighted by atomic mass is 32.2. The number of benzene rings is 1. The molecule has 0 aliphatic rings. The number of hydrogen-bond donors (Lipinski definition) is 0. The van der Waals surface area contributed by atoms with E-state index in [1.807, 2.05) is 18.2 Å². The maximum Gasteiger partial charge on any atom is 0.178 e. The van der Waals surface area contributed by atoms with Crippen LogP contribution < -0.4 is 0 Å². The maximum absolute atomic E-state index is 13.2. The molecule has 0 unspecified atom stereocenters. The number of sulfone groups is 1. The summed E-state index contributed by atoms with van der Waals surface area (Å²) in [5.74, 6) is 0.250. The van der Waals surface area contributed by atoms with Crippen LogP contribution in [0, 0.1) is 0 Å². The lowest BCUT2D eigenvalue weighted by Crippen LogP contribution is -2.21. The first kappa shape index (κ1) is 24.9. The van der Waals surface area contributed by atoms with Crippen LogP contribution in [0.15, 0.2) is 35.7 Å². The second-order valence-electron chi connectivity index (χ2n) is 10.1. The summed E-state index contributed by atoms with van der Waals surface area (Å²) in [5.41, 5.74) is 1.76. The van der Waals surface area contributed by atoms with E-state index >= 15 is 0 Å². The number of rotatable bonds is 11. The van der Waals surface area contributed by atoms with E-state index in [9.17, 15) is 8.42 Å². The van der Waals surface area contributed by atoms with Crippen LogP contribution in [-0.4, -0.2) is 14.2 Å². The van der Waals surface area contributed by atoms with Gasteiger partial charge in [0.25, 0.3) is 0 Å². The predicted molar refractivity (Wildman–Crippen MR) is 123 cm³/mol. The Hall–Kier alpha value is -1.09. The first-order valence-corrected chi connectivity index (χ1v) is 12.5. The van der Waals surface area contributed by atoms with Gasteiger partial charge < -0.3 is 0 Å². The van der Waals surface area contributed by atoms with Crippen LogP contribution in [0.1, 0.15) is 104 Å². The smallest absolute Gasteiger partial charge is 0.178 e. The summed E-state index contributed by atoms with van der Waals surface area (Å²) >= 11 is 0. The molecule has 0 aliphatic carbocycles. The lowest BCUT2D eigenvalue weighted by Gasteiger charge is -2.26. The van der Waals surface area contributed by atoms with Gasteiger partial charge in [0.15, 0.2) is 9.84 Å². The van der Waals surface area contributed by atoms with E-state index in [1.54, 1.807) is 0 Å². The van der Waals surface area contributed by atoms with E-state index in [0.29, 0.717) is 4.90 Å². The van der Waals surface area contributed by atoms with Crippen molar-refractivity contribution in [2.24, 2.45) is 0 Å². The van der Waals surface area contributed by atoms with Gasteiger partial charge in [-0.1, -0.05) is 91.9 Å². The van der Waals surface area contributed by atoms with Crippen molar-refractivity contribution in [2.75, 3.05) is 5.75 Å². The van der Waals surface area contributed by atoms with Gasteiger partial charge in [-0.2, -0.15) is 0 Å². The number of unbranched alkanes of at least 4 members (excludes halogenated alkanes) is 7. The molecule has 0 saturated carbocycles. The van der Waals surface area contributed by atoms with Crippen LogP contribution in [0.25, 0.3) is 0 Å². The summed E-state index contributed by atoms with van der Waals surface area (Å²) in [6.07, 6.45) is 10.8. The molecule has 0 heterocycles. The monoisotopic (exact) mass is 406 g/mol. The van der Waals surface area contributed by atoms with Crippen molar-refractivity contribution in [2.45, 2.75) is 109 Å². The standard InChI is InChI=1S/C25H42O2S/c1-8-9-10-11-12-13-14-15-16-19-28(26,27)23-20-21(24(2,3)4)17-18-22(23)25(5,6)7/h8,17-18,20H,1,9-16,19H2,2-7H3. The quantitative estimate of drug-likeness (QED) is 0.284. The second kappa shape index (κ2) is 10.6. The molecule has 0 aliphatic heterocycles. The van der Waals surface area contributed by atoms with Gasteiger partial charge in [0.2, 0.25) is 0 Å². The van der Waals surface area contributed by atoms with Gasteiger partial charge in [0.1, 0.15) is 0 Å². The maximum atomic E-state index is 13.2. The SMILES string of the molecule is C=CCCCCCCCCCS(=O)(=O)c1cc(C(C)(C)C)ccc1C(C)(C)C. The zero-order valence-corrected chi connectivity index (χ0v) is 19.9. The van der Waals surface area contributed by atoms with Crippen molar-refractivity contribution in [3.63, 3.8) is 0 Å². The molecular formula is C25H42O2S. The molecule has 0 spiro atoms. The molecule has 0 amide bonds. The van der Waals surface area contributed by atoms with Crippen LogP contribution in [0.4, 0.5) is 0 Å². The summed E-state index contributed by atoms with van der Waals surface area (Å²) in [6, 6.07) is 6.04. The zero-order valence-electron chi connectivity index (χ0n) is 19.1. The largest absolute Gasteiger partial charge is 0.224 e. The van der Waals surface area contributed by atoms with Crippen molar-refractivity contribution in [1.29, 1.82) is 0 Å². The summed E-state index contributed by atoms with van der Waals surface area (Å²) in [7, 11) is -3.27. The highest BCUT2D eigenvalue weighted by molar-refractivity contribution is 7.91.